The van der Waals surface area contributed by atoms with Crippen LogP contribution in [0.1, 0.15) is 21.6 Å². The number of ether oxygens (including phenoxy) is 1. The molecule has 2 aromatic rings. The van der Waals surface area contributed by atoms with Crippen LogP contribution >= 0.6 is 22.6 Å². The zero-order valence-corrected chi connectivity index (χ0v) is 13.1. The van der Waals surface area contributed by atoms with E-state index in [1.807, 2.05) is 31.2 Å². The molecule has 0 aliphatic carbocycles. The van der Waals surface area contributed by atoms with Gasteiger partial charge in [0.15, 0.2) is 5.69 Å². The average Bonchev–Trinajstić information content (AvgIpc) is 2.74. The van der Waals surface area contributed by atoms with Crippen LogP contribution in [-0.2, 0) is 4.74 Å². The van der Waals surface area contributed by atoms with Gasteiger partial charge in [0.1, 0.15) is 6.07 Å². The molecule has 0 unspecified atom stereocenters. The third kappa shape index (κ3) is 2.36. The molecule has 1 aromatic carbocycles. The third-order valence-corrected chi connectivity index (χ3v) is 3.63. The predicted octanol–water partition coefficient (Wildman–Crippen LogP) is 2.63. The molecule has 5 nitrogen and oxygen atoms in total. The molecule has 2 N–H and O–H groups in total. The number of carbonyl (C=O) groups excluding carboxylic acids is 1. The van der Waals surface area contributed by atoms with E-state index in [2.05, 4.69) is 22.6 Å². The van der Waals surface area contributed by atoms with Gasteiger partial charge in [0.25, 0.3) is 0 Å². The first-order valence-corrected chi connectivity index (χ1v) is 6.83. The molecule has 0 amide bonds. The van der Waals surface area contributed by atoms with Gasteiger partial charge in [0.05, 0.1) is 18.4 Å². The summed E-state index contributed by atoms with van der Waals surface area (Å²) in [6, 6.07) is 7.77. The van der Waals surface area contributed by atoms with Crippen molar-refractivity contribution in [2.24, 2.45) is 0 Å². The third-order valence-electron chi connectivity index (χ3n) is 2.96. The number of aromatic nitrogens is 1. The predicted molar refractivity (Wildman–Crippen MR) is 83.7 cm³/mol. The van der Waals surface area contributed by atoms with Crippen LogP contribution < -0.4 is 5.73 Å². The summed E-state index contributed by atoms with van der Waals surface area (Å²) in [5.74, 6) is -0.568. The lowest BCUT2D eigenvalue weighted by atomic mass is 10.2. The zero-order valence-electron chi connectivity index (χ0n) is 11.0. The summed E-state index contributed by atoms with van der Waals surface area (Å²) >= 11 is 2.21. The van der Waals surface area contributed by atoms with E-state index in [0.717, 1.165) is 14.8 Å². The molecule has 0 aliphatic heterocycles. The molecular weight excluding hydrogens is 369 g/mol. The molecule has 20 heavy (non-hydrogen) atoms. The second-order valence-corrected chi connectivity index (χ2v) is 5.45. The van der Waals surface area contributed by atoms with Gasteiger partial charge in [-0.25, -0.2) is 4.79 Å². The molecule has 0 aliphatic rings. The maximum absolute atomic E-state index is 11.9. The molecule has 0 bridgehead atoms. The second-order valence-electron chi connectivity index (χ2n) is 4.21. The number of hydrogen-bond donors (Lipinski definition) is 1. The number of esters is 1. The first-order valence-electron chi connectivity index (χ1n) is 5.75. The van der Waals surface area contributed by atoms with Crippen molar-refractivity contribution in [1.82, 2.24) is 4.57 Å². The van der Waals surface area contributed by atoms with Crippen LogP contribution in [-0.4, -0.2) is 17.6 Å². The van der Waals surface area contributed by atoms with E-state index in [1.54, 1.807) is 10.8 Å². The number of nitrogens with two attached hydrogens (primary N) is 1. The van der Waals surface area contributed by atoms with Crippen LogP contribution in [0, 0.1) is 21.8 Å². The van der Waals surface area contributed by atoms with Crippen molar-refractivity contribution in [3.8, 4) is 11.8 Å². The number of nitrogens with zero attached hydrogens (tertiary/aromatic N) is 2. The van der Waals surface area contributed by atoms with E-state index in [4.69, 9.17) is 15.7 Å². The zero-order chi connectivity index (χ0) is 14.9. The highest BCUT2D eigenvalue weighted by Crippen LogP contribution is 2.27. The number of anilines is 1. The fourth-order valence-electron chi connectivity index (χ4n) is 1.99. The number of methoxy groups -OCH3 is 1. The van der Waals surface area contributed by atoms with Crippen molar-refractivity contribution in [2.75, 3.05) is 12.8 Å². The number of nitriles is 1. The number of hydrogen-bond acceptors (Lipinski definition) is 4. The van der Waals surface area contributed by atoms with Crippen LogP contribution in [0.25, 0.3) is 5.69 Å². The molecule has 1 aromatic heterocycles. The highest BCUT2D eigenvalue weighted by Gasteiger charge is 2.22. The maximum Gasteiger partial charge on any atom is 0.357 e. The van der Waals surface area contributed by atoms with Crippen molar-refractivity contribution in [3.05, 3.63) is 44.8 Å². The molecule has 0 radical (unpaired) electrons. The minimum atomic E-state index is -0.568. The Balaban J connectivity index is 2.74. The van der Waals surface area contributed by atoms with Crippen molar-refractivity contribution >= 4 is 34.2 Å². The summed E-state index contributed by atoms with van der Waals surface area (Å²) in [4.78, 5) is 11.9. The molecule has 0 saturated carbocycles. The van der Waals surface area contributed by atoms with E-state index in [0.29, 0.717) is 0 Å². The van der Waals surface area contributed by atoms with Gasteiger partial charge in [-0.1, -0.05) is 0 Å². The standard InChI is InChI=1S/C14H12IN3O2/c1-8-5-10(15)3-4-11(8)18-7-9(6-16)12(17)13(18)14(19)20-2/h3-5,7H,17H2,1-2H3. The van der Waals surface area contributed by atoms with Gasteiger partial charge in [-0.2, -0.15) is 5.26 Å². The van der Waals surface area contributed by atoms with Gasteiger partial charge >= 0.3 is 5.97 Å². The van der Waals surface area contributed by atoms with Gasteiger partial charge in [-0.15, -0.1) is 0 Å². The lowest BCUT2D eigenvalue weighted by Gasteiger charge is -2.11. The molecular formula is C14H12IN3O2. The minimum Gasteiger partial charge on any atom is -0.464 e. The molecule has 0 saturated heterocycles. The molecule has 6 heteroatoms. The van der Waals surface area contributed by atoms with E-state index in [9.17, 15) is 4.79 Å². The Kier molecular flexibility index (Phi) is 3.99. The number of aryl methyl sites for hydroxylation is 1. The van der Waals surface area contributed by atoms with Crippen LogP contribution in [0.3, 0.4) is 0 Å². The lowest BCUT2D eigenvalue weighted by molar-refractivity contribution is 0.0593. The Morgan fingerprint density at radius 1 is 1.50 bits per heavy atom. The van der Waals surface area contributed by atoms with Crippen LogP contribution in [0.2, 0.25) is 0 Å². The average molecular weight is 381 g/mol. The van der Waals surface area contributed by atoms with Gasteiger partial charge in [0.2, 0.25) is 0 Å². The number of rotatable bonds is 2. The molecule has 0 atom stereocenters. The second kappa shape index (κ2) is 5.54. The topological polar surface area (TPSA) is 81.0 Å². The summed E-state index contributed by atoms with van der Waals surface area (Å²) in [6.07, 6.45) is 1.55. The van der Waals surface area contributed by atoms with E-state index in [1.165, 1.54) is 7.11 Å². The van der Waals surface area contributed by atoms with Crippen LogP contribution in [0.15, 0.2) is 24.4 Å². The Bertz CT molecular complexity index is 729. The fraction of sp³-hybridized carbons (Fsp3) is 0.143. The summed E-state index contributed by atoms with van der Waals surface area (Å²) in [5, 5.41) is 9.07. The van der Waals surface area contributed by atoms with Crippen molar-refractivity contribution in [1.29, 1.82) is 5.26 Å². The SMILES string of the molecule is COC(=O)c1c(N)c(C#N)cn1-c1ccc(I)cc1C. The first-order chi connectivity index (χ1) is 9.49. The first kappa shape index (κ1) is 14.4. The normalized spacial score (nSPS) is 10.1. The lowest BCUT2D eigenvalue weighted by Crippen LogP contribution is -2.11. The number of nitrogen functional groups attached to an aromatic ring is 1. The Morgan fingerprint density at radius 2 is 2.20 bits per heavy atom. The Hall–Kier alpha value is -2.01. The molecule has 102 valence electrons. The van der Waals surface area contributed by atoms with Crippen molar-refractivity contribution in [2.45, 2.75) is 6.92 Å². The summed E-state index contributed by atoms with van der Waals surface area (Å²) in [6.45, 7) is 1.93. The summed E-state index contributed by atoms with van der Waals surface area (Å²) < 4.78 is 7.44. The smallest absolute Gasteiger partial charge is 0.357 e. The summed E-state index contributed by atoms with van der Waals surface area (Å²) in [7, 11) is 1.28. The van der Waals surface area contributed by atoms with Crippen LogP contribution in [0.4, 0.5) is 5.69 Å². The molecule has 2 rings (SSSR count). The van der Waals surface area contributed by atoms with E-state index >= 15 is 0 Å². The largest absolute Gasteiger partial charge is 0.464 e. The number of carbonyl (C=O) groups is 1. The summed E-state index contributed by atoms with van der Waals surface area (Å²) in [5.41, 5.74) is 8.19. The highest BCUT2D eigenvalue weighted by atomic mass is 127. The fourth-order valence-corrected chi connectivity index (χ4v) is 2.64. The van der Waals surface area contributed by atoms with Gasteiger partial charge in [-0.3, -0.25) is 0 Å². The maximum atomic E-state index is 11.9. The van der Waals surface area contributed by atoms with E-state index < -0.39 is 5.97 Å². The molecule has 1 heterocycles. The van der Waals surface area contributed by atoms with Crippen molar-refractivity contribution in [3.63, 3.8) is 0 Å². The van der Waals surface area contributed by atoms with Gasteiger partial charge < -0.3 is 15.0 Å². The number of benzene rings is 1. The van der Waals surface area contributed by atoms with Crippen LogP contribution in [0.5, 0.6) is 0 Å². The minimum absolute atomic E-state index is 0.136. The molecule has 0 fully saturated rings. The highest BCUT2D eigenvalue weighted by molar-refractivity contribution is 14.1. The Labute approximate surface area is 130 Å². The quantitative estimate of drug-likeness (QED) is 0.641. The van der Waals surface area contributed by atoms with Crippen molar-refractivity contribution < 1.29 is 9.53 Å². The van der Waals surface area contributed by atoms with E-state index in [-0.39, 0.29) is 16.9 Å². The Morgan fingerprint density at radius 3 is 2.75 bits per heavy atom. The van der Waals surface area contributed by atoms with Gasteiger partial charge in [-0.05, 0) is 53.3 Å². The molecule has 0 spiro atoms. The number of halogens is 1. The van der Waals surface area contributed by atoms with Gasteiger partial charge in [0, 0.05) is 15.5 Å². The monoisotopic (exact) mass is 381 g/mol.